The molecule has 0 radical (unpaired) electrons. The van der Waals surface area contributed by atoms with E-state index in [1.165, 1.54) is 22.4 Å². The smallest absolute Gasteiger partial charge is 0.347 e. The predicted octanol–water partition coefficient (Wildman–Crippen LogP) is 2.49. The fourth-order valence-corrected chi connectivity index (χ4v) is 2.63. The number of aromatic nitrogens is 1. The molecule has 0 saturated heterocycles. The summed E-state index contributed by atoms with van der Waals surface area (Å²) in [7, 11) is 0. The quantitative estimate of drug-likeness (QED) is 0.873. The lowest BCUT2D eigenvalue weighted by molar-refractivity contribution is 0.0702. The highest BCUT2D eigenvalue weighted by atomic mass is 32.1. The highest BCUT2D eigenvalue weighted by Crippen LogP contribution is 2.19. The molecule has 1 N–H and O–H groups in total. The Labute approximate surface area is 88.7 Å². The molecule has 0 aliphatic rings. The molecule has 0 aliphatic heterocycles. The summed E-state index contributed by atoms with van der Waals surface area (Å²) in [6.07, 6.45) is 2.14. The molecule has 0 saturated carbocycles. The first kappa shape index (κ1) is 9.36. The van der Waals surface area contributed by atoms with Crippen LogP contribution in [0.15, 0.2) is 23.7 Å². The Hall–Kier alpha value is -1.20. The Morgan fingerprint density at radius 2 is 2.43 bits per heavy atom. The number of thiazole rings is 1. The summed E-state index contributed by atoms with van der Waals surface area (Å²) >= 11 is 2.89. The van der Waals surface area contributed by atoms with Crippen LogP contribution in [0.1, 0.15) is 19.6 Å². The minimum absolute atomic E-state index is 0.302. The SMILES string of the molecule is O=C(O)c1cnc(Cc2cccs2)s1. The van der Waals surface area contributed by atoms with Crippen molar-refractivity contribution in [2.24, 2.45) is 0 Å². The van der Waals surface area contributed by atoms with Crippen LogP contribution in [0.5, 0.6) is 0 Å². The van der Waals surface area contributed by atoms with Gasteiger partial charge in [-0.1, -0.05) is 6.07 Å². The Morgan fingerprint density at radius 1 is 1.57 bits per heavy atom. The second-order valence-electron chi connectivity index (χ2n) is 2.68. The number of hydrogen-bond donors (Lipinski definition) is 1. The lowest BCUT2D eigenvalue weighted by Crippen LogP contribution is -1.89. The van der Waals surface area contributed by atoms with Crippen LogP contribution in [0.3, 0.4) is 0 Å². The molecule has 0 spiro atoms. The molecule has 0 fully saturated rings. The fourth-order valence-electron chi connectivity index (χ4n) is 1.05. The molecule has 2 rings (SSSR count). The number of carboxylic acid groups (broad SMARTS) is 1. The van der Waals surface area contributed by atoms with Gasteiger partial charge in [-0.05, 0) is 11.4 Å². The largest absolute Gasteiger partial charge is 0.477 e. The van der Waals surface area contributed by atoms with E-state index >= 15 is 0 Å². The first-order chi connectivity index (χ1) is 6.75. The lowest BCUT2D eigenvalue weighted by atomic mass is 10.4. The van der Waals surface area contributed by atoms with Crippen molar-refractivity contribution in [2.75, 3.05) is 0 Å². The van der Waals surface area contributed by atoms with Gasteiger partial charge in [0.1, 0.15) is 4.88 Å². The minimum atomic E-state index is -0.903. The molecule has 3 nitrogen and oxygen atoms in total. The summed E-state index contributed by atoms with van der Waals surface area (Å²) in [4.78, 5) is 16.2. The molecule has 5 heteroatoms. The summed E-state index contributed by atoms with van der Waals surface area (Å²) in [6.45, 7) is 0. The standard InChI is InChI=1S/C9H7NO2S2/c11-9(12)7-5-10-8(14-7)4-6-2-1-3-13-6/h1-3,5H,4H2,(H,11,12). The van der Waals surface area contributed by atoms with Gasteiger partial charge in [0.15, 0.2) is 0 Å². The van der Waals surface area contributed by atoms with Crippen molar-refractivity contribution in [1.82, 2.24) is 4.98 Å². The molecular weight excluding hydrogens is 218 g/mol. The van der Waals surface area contributed by atoms with Gasteiger partial charge in [-0.3, -0.25) is 0 Å². The summed E-state index contributed by atoms with van der Waals surface area (Å²) in [5, 5.41) is 11.6. The topological polar surface area (TPSA) is 50.2 Å². The van der Waals surface area contributed by atoms with E-state index in [1.54, 1.807) is 11.3 Å². The Balaban J connectivity index is 2.14. The molecule has 0 aliphatic carbocycles. The second-order valence-corrected chi connectivity index (χ2v) is 4.83. The predicted molar refractivity (Wildman–Crippen MR) is 56.2 cm³/mol. The second kappa shape index (κ2) is 3.89. The maximum atomic E-state index is 10.6. The molecule has 0 amide bonds. The molecule has 14 heavy (non-hydrogen) atoms. The monoisotopic (exact) mass is 225 g/mol. The molecule has 72 valence electrons. The van der Waals surface area contributed by atoms with Gasteiger partial charge in [0.2, 0.25) is 0 Å². The van der Waals surface area contributed by atoms with Crippen LogP contribution in [-0.4, -0.2) is 16.1 Å². The number of thiophene rings is 1. The van der Waals surface area contributed by atoms with E-state index in [9.17, 15) is 4.79 Å². The van der Waals surface area contributed by atoms with E-state index in [2.05, 4.69) is 4.98 Å². The lowest BCUT2D eigenvalue weighted by Gasteiger charge is -1.89. The van der Waals surface area contributed by atoms with Crippen LogP contribution >= 0.6 is 22.7 Å². The van der Waals surface area contributed by atoms with Crippen LogP contribution in [-0.2, 0) is 6.42 Å². The average Bonchev–Trinajstić information content (AvgIpc) is 2.75. The molecule has 0 atom stereocenters. The van der Waals surface area contributed by atoms with E-state index in [0.29, 0.717) is 4.88 Å². The first-order valence-electron chi connectivity index (χ1n) is 3.96. The third kappa shape index (κ3) is 2.00. The highest BCUT2D eigenvalue weighted by molar-refractivity contribution is 7.14. The normalized spacial score (nSPS) is 10.3. The van der Waals surface area contributed by atoms with Crippen molar-refractivity contribution in [1.29, 1.82) is 0 Å². The number of hydrogen-bond acceptors (Lipinski definition) is 4. The third-order valence-electron chi connectivity index (χ3n) is 1.67. The van der Waals surface area contributed by atoms with Crippen LogP contribution in [0.2, 0.25) is 0 Å². The maximum Gasteiger partial charge on any atom is 0.347 e. The number of carbonyl (C=O) groups is 1. The third-order valence-corrected chi connectivity index (χ3v) is 3.53. The fraction of sp³-hybridized carbons (Fsp3) is 0.111. The molecule has 0 bridgehead atoms. The van der Waals surface area contributed by atoms with E-state index < -0.39 is 5.97 Å². The van der Waals surface area contributed by atoms with Gasteiger partial charge in [0.05, 0.1) is 11.2 Å². The van der Waals surface area contributed by atoms with Gasteiger partial charge >= 0.3 is 5.97 Å². The number of carboxylic acids is 1. The molecular formula is C9H7NO2S2. The Bertz CT molecular complexity index is 433. The highest BCUT2D eigenvalue weighted by Gasteiger charge is 2.08. The summed E-state index contributed by atoms with van der Waals surface area (Å²) < 4.78 is 0. The van der Waals surface area contributed by atoms with Crippen molar-refractivity contribution in [3.05, 3.63) is 38.5 Å². The van der Waals surface area contributed by atoms with Gasteiger partial charge < -0.3 is 5.11 Å². The van der Waals surface area contributed by atoms with Gasteiger partial charge in [0, 0.05) is 11.3 Å². The zero-order valence-corrected chi connectivity index (χ0v) is 8.77. The van der Waals surface area contributed by atoms with Crippen molar-refractivity contribution >= 4 is 28.6 Å². The maximum absolute atomic E-state index is 10.6. The van der Waals surface area contributed by atoms with Crippen LogP contribution in [0.4, 0.5) is 0 Å². The van der Waals surface area contributed by atoms with Gasteiger partial charge in [-0.15, -0.1) is 22.7 Å². The molecule has 0 aromatic carbocycles. The van der Waals surface area contributed by atoms with Crippen LogP contribution in [0.25, 0.3) is 0 Å². The zero-order chi connectivity index (χ0) is 9.97. The molecule has 0 unspecified atom stereocenters. The number of rotatable bonds is 3. The van der Waals surface area contributed by atoms with E-state index in [0.717, 1.165) is 11.4 Å². The molecule has 2 heterocycles. The zero-order valence-electron chi connectivity index (χ0n) is 7.14. The van der Waals surface area contributed by atoms with E-state index in [-0.39, 0.29) is 0 Å². The van der Waals surface area contributed by atoms with E-state index in [1.807, 2.05) is 17.5 Å². The average molecular weight is 225 g/mol. The van der Waals surface area contributed by atoms with Gasteiger partial charge in [0.25, 0.3) is 0 Å². The van der Waals surface area contributed by atoms with Crippen molar-refractivity contribution in [2.45, 2.75) is 6.42 Å². The Kier molecular flexibility index (Phi) is 2.60. The van der Waals surface area contributed by atoms with Crippen molar-refractivity contribution in [3.63, 3.8) is 0 Å². The number of aromatic carboxylic acids is 1. The molecule has 2 aromatic rings. The van der Waals surface area contributed by atoms with Crippen LogP contribution in [0, 0.1) is 0 Å². The molecule has 2 aromatic heterocycles. The van der Waals surface area contributed by atoms with E-state index in [4.69, 9.17) is 5.11 Å². The summed E-state index contributed by atoms with van der Waals surface area (Å²) in [5.41, 5.74) is 0. The van der Waals surface area contributed by atoms with Crippen molar-refractivity contribution in [3.8, 4) is 0 Å². The van der Waals surface area contributed by atoms with Gasteiger partial charge in [-0.25, -0.2) is 9.78 Å². The Morgan fingerprint density at radius 3 is 3.00 bits per heavy atom. The van der Waals surface area contributed by atoms with Gasteiger partial charge in [-0.2, -0.15) is 0 Å². The van der Waals surface area contributed by atoms with Crippen molar-refractivity contribution < 1.29 is 9.90 Å². The summed E-state index contributed by atoms with van der Waals surface area (Å²) in [5.74, 6) is -0.903. The minimum Gasteiger partial charge on any atom is -0.477 e. The first-order valence-corrected chi connectivity index (χ1v) is 5.65. The van der Waals surface area contributed by atoms with Crippen LogP contribution < -0.4 is 0 Å². The summed E-state index contributed by atoms with van der Waals surface area (Å²) in [6, 6.07) is 4.00. The number of nitrogens with zero attached hydrogens (tertiary/aromatic N) is 1.